The van der Waals surface area contributed by atoms with E-state index in [0.717, 1.165) is 0 Å². The number of rotatable bonds is 6. The second-order valence-electron chi connectivity index (χ2n) is 6.02. The summed E-state index contributed by atoms with van der Waals surface area (Å²) in [4.78, 5) is 15.7. The van der Waals surface area contributed by atoms with E-state index in [4.69, 9.17) is 0 Å². The van der Waals surface area contributed by atoms with Crippen LogP contribution >= 0.6 is 0 Å². The maximum absolute atomic E-state index is 13.7. The van der Waals surface area contributed by atoms with Crippen molar-refractivity contribution in [2.45, 2.75) is 10.9 Å². The molecule has 2 aromatic carbocycles. The molecule has 146 valence electrons. The molecule has 0 saturated carbocycles. The van der Waals surface area contributed by atoms with E-state index in [1.807, 2.05) is 0 Å². The predicted octanol–water partition coefficient (Wildman–Crippen LogP) is 2.41. The minimum atomic E-state index is -3.99. The molecule has 1 atom stereocenters. The molecular weight excluding hydrogens is 385 g/mol. The lowest BCUT2D eigenvalue weighted by molar-refractivity contribution is 0.0600. The average molecular weight is 403 g/mol. The molecule has 1 aromatic heterocycles. The third-order valence-electron chi connectivity index (χ3n) is 4.16. The molecule has 3 rings (SSSR count). The van der Waals surface area contributed by atoms with Crippen molar-refractivity contribution in [2.24, 2.45) is 7.05 Å². The molecule has 1 N–H and O–H groups in total. The summed E-state index contributed by atoms with van der Waals surface area (Å²) in [5.41, 5.74) is 0.635. The van der Waals surface area contributed by atoms with Crippen LogP contribution in [0.3, 0.4) is 0 Å². The zero-order valence-electron chi connectivity index (χ0n) is 15.2. The van der Waals surface area contributed by atoms with Gasteiger partial charge in [0.2, 0.25) is 10.0 Å². The van der Waals surface area contributed by atoms with Gasteiger partial charge in [-0.1, -0.05) is 12.1 Å². The zero-order valence-corrected chi connectivity index (χ0v) is 16.0. The lowest BCUT2D eigenvalue weighted by Crippen LogP contribution is -2.31. The number of benzene rings is 2. The first-order chi connectivity index (χ1) is 13.3. The smallest absolute Gasteiger partial charge is 0.337 e. The van der Waals surface area contributed by atoms with Crippen LogP contribution in [0.25, 0.3) is 0 Å². The number of nitrogens with one attached hydrogen (secondary N) is 1. The Morgan fingerprint density at radius 3 is 2.50 bits per heavy atom. The highest BCUT2D eigenvalue weighted by atomic mass is 32.2. The monoisotopic (exact) mass is 403 g/mol. The number of halogens is 1. The predicted molar refractivity (Wildman–Crippen MR) is 99.6 cm³/mol. The van der Waals surface area contributed by atoms with Crippen LogP contribution in [0, 0.1) is 5.82 Å². The number of nitrogens with zero attached hydrogens (tertiary/aromatic N) is 2. The van der Waals surface area contributed by atoms with Gasteiger partial charge in [0.05, 0.1) is 17.6 Å². The summed E-state index contributed by atoms with van der Waals surface area (Å²) in [7, 11) is -1.03. The second kappa shape index (κ2) is 7.91. The Morgan fingerprint density at radius 1 is 1.21 bits per heavy atom. The van der Waals surface area contributed by atoms with Gasteiger partial charge in [0.15, 0.2) is 0 Å². The second-order valence-corrected chi connectivity index (χ2v) is 7.74. The number of carbonyl (C=O) groups is 1. The van der Waals surface area contributed by atoms with E-state index in [1.165, 1.54) is 55.8 Å². The lowest BCUT2D eigenvalue weighted by atomic mass is 10.1. The van der Waals surface area contributed by atoms with Crippen molar-refractivity contribution in [3.63, 3.8) is 0 Å². The molecule has 0 saturated heterocycles. The van der Waals surface area contributed by atoms with E-state index < -0.39 is 27.9 Å². The minimum absolute atomic E-state index is 0.0456. The molecule has 1 unspecified atom stereocenters. The number of imidazole rings is 1. The van der Waals surface area contributed by atoms with Gasteiger partial charge in [0, 0.05) is 19.4 Å². The molecule has 0 aliphatic rings. The van der Waals surface area contributed by atoms with Gasteiger partial charge >= 0.3 is 5.97 Å². The Balaban J connectivity index is 1.98. The van der Waals surface area contributed by atoms with Crippen LogP contribution in [0.1, 0.15) is 27.8 Å². The summed E-state index contributed by atoms with van der Waals surface area (Å²) in [6, 6.07) is 10.1. The van der Waals surface area contributed by atoms with Crippen LogP contribution in [0.5, 0.6) is 0 Å². The summed E-state index contributed by atoms with van der Waals surface area (Å²) >= 11 is 0. The Kier molecular flexibility index (Phi) is 5.57. The van der Waals surface area contributed by atoms with Crippen molar-refractivity contribution in [2.75, 3.05) is 7.11 Å². The number of esters is 1. The van der Waals surface area contributed by atoms with Crippen LogP contribution < -0.4 is 4.72 Å². The quantitative estimate of drug-likeness (QED) is 0.639. The van der Waals surface area contributed by atoms with Gasteiger partial charge in [-0.2, -0.15) is 4.72 Å². The molecule has 0 aliphatic carbocycles. The van der Waals surface area contributed by atoms with E-state index in [9.17, 15) is 17.6 Å². The largest absolute Gasteiger partial charge is 0.465 e. The van der Waals surface area contributed by atoms with Gasteiger partial charge in [-0.15, -0.1) is 0 Å². The lowest BCUT2D eigenvalue weighted by Gasteiger charge is -2.19. The number of methoxy groups -OCH3 is 1. The van der Waals surface area contributed by atoms with Gasteiger partial charge in [-0.25, -0.2) is 22.6 Å². The summed E-state index contributed by atoms with van der Waals surface area (Å²) in [5, 5.41) is 0. The molecule has 0 fully saturated rings. The average Bonchev–Trinajstić information content (AvgIpc) is 3.11. The normalized spacial score (nSPS) is 12.5. The number of aryl methyl sites for hydroxylation is 1. The van der Waals surface area contributed by atoms with Crippen molar-refractivity contribution in [3.05, 3.63) is 83.7 Å². The third kappa shape index (κ3) is 4.10. The maximum atomic E-state index is 13.7. The Hall–Kier alpha value is -3.04. The SMILES string of the molecule is COC(=O)c1ccc(S(=O)(=O)NC(c2cccc(F)c2)c2nccn2C)cc1. The van der Waals surface area contributed by atoms with Crippen LogP contribution in [-0.4, -0.2) is 31.0 Å². The molecule has 9 heteroatoms. The third-order valence-corrected chi connectivity index (χ3v) is 5.60. The standard InChI is InChI=1S/C19H18FN3O4S/c1-23-11-10-21-18(23)17(14-4-3-5-15(20)12-14)22-28(25,26)16-8-6-13(7-9-16)19(24)27-2/h3-12,17,22H,1-2H3. The number of carbonyl (C=O) groups excluding carboxylic acids is 1. The van der Waals surface area contributed by atoms with Crippen molar-refractivity contribution in [3.8, 4) is 0 Å². The fourth-order valence-corrected chi connectivity index (χ4v) is 3.90. The van der Waals surface area contributed by atoms with Crippen LogP contribution in [0.2, 0.25) is 0 Å². The first-order valence-corrected chi connectivity index (χ1v) is 9.73. The molecule has 0 spiro atoms. The highest BCUT2D eigenvalue weighted by molar-refractivity contribution is 7.89. The highest BCUT2D eigenvalue weighted by Gasteiger charge is 2.26. The molecule has 0 bridgehead atoms. The molecule has 1 heterocycles. The zero-order chi connectivity index (χ0) is 20.3. The van der Waals surface area contributed by atoms with Crippen LogP contribution in [0.4, 0.5) is 4.39 Å². The molecule has 3 aromatic rings. The summed E-state index contributed by atoms with van der Waals surface area (Å²) in [5.74, 6) is -0.652. The summed E-state index contributed by atoms with van der Waals surface area (Å²) < 4.78 is 48.4. The van der Waals surface area contributed by atoms with Gasteiger partial charge in [0.1, 0.15) is 17.7 Å². The molecule has 0 amide bonds. The summed E-state index contributed by atoms with van der Waals surface area (Å²) in [6.07, 6.45) is 3.20. The topological polar surface area (TPSA) is 90.3 Å². The molecular formula is C19H18FN3O4S. The van der Waals surface area contributed by atoms with Crippen molar-refractivity contribution < 1.29 is 22.3 Å². The van der Waals surface area contributed by atoms with Crippen molar-refractivity contribution in [1.29, 1.82) is 0 Å². The fourth-order valence-electron chi connectivity index (χ4n) is 2.72. The van der Waals surface area contributed by atoms with E-state index in [2.05, 4.69) is 14.4 Å². The van der Waals surface area contributed by atoms with E-state index in [-0.39, 0.29) is 10.5 Å². The van der Waals surface area contributed by atoms with Crippen molar-refractivity contribution >= 4 is 16.0 Å². The van der Waals surface area contributed by atoms with Gasteiger partial charge in [-0.05, 0) is 42.0 Å². The van der Waals surface area contributed by atoms with Crippen LogP contribution in [-0.2, 0) is 21.8 Å². The number of sulfonamides is 1. The molecule has 0 aliphatic heterocycles. The summed E-state index contributed by atoms with van der Waals surface area (Å²) in [6.45, 7) is 0. The van der Waals surface area contributed by atoms with Gasteiger partial charge in [0.25, 0.3) is 0 Å². The minimum Gasteiger partial charge on any atom is -0.465 e. The molecule has 0 radical (unpaired) electrons. The number of ether oxygens (including phenoxy) is 1. The molecule has 28 heavy (non-hydrogen) atoms. The number of hydrogen-bond donors (Lipinski definition) is 1. The fraction of sp³-hybridized carbons (Fsp3) is 0.158. The van der Waals surface area contributed by atoms with Gasteiger partial charge in [-0.3, -0.25) is 0 Å². The first-order valence-electron chi connectivity index (χ1n) is 8.25. The Morgan fingerprint density at radius 2 is 1.93 bits per heavy atom. The maximum Gasteiger partial charge on any atom is 0.337 e. The van der Waals surface area contributed by atoms with E-state index in [0.29, 0.717) is 11.4 Å². The van der Waals surface area contributed by atoms with E-state index in [1.54, 1.807) is 23.9 Å². The Labute approximate surface area is 161 Å². The van der Waals surface area contributed by atoms with Crippen LogP contribution in [0.15, 0.2) is 65.8 Å². The van der Waals surface area contributed by atoms with Crippen molar-refractivity contribution in [1.82, 2.24) is 14.3 Å². The van der Waals surface area contributed by atoms with Gasteiger partial charge < -0.3 is 9.30 Å². The molecule has 7 nitrogen and oxygen atoms in total. The number of aromatic nitrogens is 2. The first kappa shape index (κ1) is 19.7. The number of hydrogen-bond acceptors (Lipinski definition) is 5. The van der Waals surface area contributed by atoms with E-state index >= 15 is 0 Å². The Bertz CT molecular complexity index is 1090. The highest BCUT2D eigenvalue weighted by Crippen LogP contribution is 2.24.